The Morgan fingerprint density at radius 1 is 1.21 bits per heavy atom. The van der Waals surface area contributed by atoms with Gasteiger partial charge in [0.05, 0.1) is 0 Å². The highest BCUT2D eigenvalue weighted by atomic mass is 32.2. The Labute approximate surface area is 117 Å². The van der Waals surface area contributed by atoms with E-state index in [1.807, 2.05) is 11.8 Å². The summed E-state index contributed by atoms with van der Waals surface area (Å²) < 4.78 is 40.4. The van der Waals surface area contributed by atoms with E-state index < -0.39 is 12.8 Å². The molecule has 2 nitrogen and oxygen atoms in total. The summed E-state index contributed by atoms with van der Waals surface area (Å²) in [5.41, 5.74) is 0. The van der Waals surface area contributed by atoms with Crippen LogP contribution in [0.5, 0.6) is 0 Å². The molecule has 19 heavy (non-hydrogen) atoms. The van der Waals surface area contributed by atoms with Crippen molar-refractivity contribution in [3.05, 3.63) is 0 Å². The van der Waals surface area contributed by atoms with E-state index in [0.717, 1.165) is 13.1 Å². The van der Waals surface area contributed by atoms with Crippen LogP contribution in [0.2, 0.25) is 0 Å². The van der Waals surface area contributed by atoms with E-state index in [2.05, 4.69) is 16.3 Å². The van der Waals surface area contributed by atoms with Gasteiger partial charge < -0.3 is 10.1 Å². The minimum atomic E-state index is -4.21. The number of thioether (sulfide) groups is 1. The zero-order valence-corrected chi connectivity index (χ0v) is 12.3. The van der Waals surface area contributed by atoms with Gasteiger partial charge in [-0.15, -0.1) is 0 Å². The van der Waals surface area contributed by atoms with Crippen molar-refractivity contribution in [2.45, 2.75) is 49.4 Å². The molecule has 0 bridgehead atoms. The third kappa shape index (κ3) is 7.42. The molecule has 114 valence electrons. The van der Waals surface area contributed by atoms with Gasteiger partial charge in [0.25, 0.3) is 0 Å². The number of nitrogens with one attached hydrogen (secondary N) is 1. The molecule has 6 heteroatoms. The third-order valence-electron chi connectivity index (χ3n) is 3.55. The van der Waals surface area contributed by atoms with Gasteiger partial charge in [0.1, 0.15) is 6.61 Å². The van der Waals surface area contributed by atoms with Crippen molar-refractivity contribution in [3.8, 4) is 0 Å². The van der Waals surface area contributed by atoms with Crippen molar-refractivity contribution in [2.24, 2.45) is 0 Å². The summed E-state index contributed by atoms with van der Waals surface area (Å²) >= 11 is 1.92. The number of hydrogen-bond donors (Lipinski definition) is 1. The van der Waals surface area contributed by atoms with Crippen molar-refractivity contribution < 1.29 is 17.9 Å². The molecular weight excluding hydrogens is 275 g/mol. The van der Waals surface area contributed by atoms with Crippen LogP contribution < -0.4 is 5.32 Å². The molecule has 0 heterocycles. The number of alkyl halides is 3. The van der Waals surface area contributed by atoms with Crippen molar-refractivity contribution >= 4 is 11.8 Å². The highest BCUT2D eigenvalue weighted by Gasteiger charge is 2.30. The van der Waals surface area contributed by atoms with E-state index in [9.17, 15) is 13.2 Å². The van der Waals surface area contributed by atoms with Crippen LogP contribution in [-0.2, 0) is 4.74 Å². The van der Waals surface area contributed by atoms with Crippen molar-refractivity contribution in [1.82, 2.24) is 5.32 Å². The second kappa shape index (κ2) is 8.37. The van der Waals surface area contributed by atoms with E-state index in [-0.39, 0.29) is 6.61 Å². The third-order valence-corrected chi connectivity index (χ3v) is 4.97. The summed E-state index contributed by atoms with van der Waals surface area (Å²) in [5.74, 6) is 0. The fourth-order valence-corrected chi connectivity index (χ4v) is 3.40. The first-order valence-electron chi connectivity index (χ1n) is 6.88. The van der Waals surface area contributed by atoms with Gasteiger partial charge in [-0.3, -0.25) is 0 Å². The molecule has 1 rings (SSSR count). The number of ether oxygens (including phenoxy) is 1. The summed E-state index contributed by atoms with van der Waals surface area (Å²) in [5, 5.41) is 3.36. The lowest BCUT2D eigenvalue weighted by atomic mass is 9.88. The minimum absolute atomic E-state index is 0.165. The van der Waals surface area contributed by atoms with Crippen LogP contribution in [0.3, 0.4) is 0 Å². The minimum Gasteiger partial charge on any atom is -0.372 e. The van der Waals surface area contributed by atoms with E-state index >= 15 is 0 Å². The van der Waals surface area contributed by atoms with Crippen LogP contribution in [0.25, 0.3) is 0 Å². The van der Waals surface area contributed by atoms with Crippen LogP contribution >= 0.6 is 11.8 Å². The first kappa shape index (κ1) is 17.1. The largest absolute Gasteiger partial charge is 0.411 e. The predicted octanol–water partition coefficient (Wildman–Crippen LogP) is 3.61. The standard InChI is InChI=1S/C13H24F3NOS/c1-19-12(6-3-2-4-7-12)10-17-8-5-9-18-11-13(14,15)16/h17H,2-11H2,1H3. The van der Waals surface area contributed by atoms with E-state index in [4.69, 9.17) is 0 Å². The van der Waals surface area contributed by atoms with Gasteiger partial charge in [0, 0.05) is 17.9 Å². The van der Waals surface area contributed by atoms with Gasteiger partial charge >= 0.3 is 6.18 Å². The van der Waals surface area contributed by atoms with Crippen LogP contribution in [0.15, 0.2) is 0 Å². The summed E-state index contributed by atoms with van der Waals surface area (Å²) in [7, 11) is 0. The molecule has 0 unspecified atom stereocenters. The molecule has 0 amide bonds. The van der Waals surface area contributed by atoms with E-state index in [0.29, 0.717) is 11.2 Å². The molecule has 0 aromatic rings. The normalized spacial score (nSPS) is 19.6. The molecule has 0 spiro atoms. The molecule has 0 aliphatic heterocycles. The van der Waals surface area contributed by atoms with Crippen molar-refractivity contribution in [2.75, 3.05) is 32.6 Å². The monoisotopic (exact) mass is 299 g/mol. The van der Waals surface area contributed by atoms with E-state index in [1.165, 1.54) is 32.1 Å². The Morgan fingerprint density at radius 3 is 2.47 bits per heavy atom. The average molecular weight is 299 g/mol. The molecule has 0 saturated heterocycles. The number of halogens is 3. The van der Waals surface area contributed by atoms with Crippen LogP contribution in [0.1, 0.15) is 38.5 Å². The zero-order valence-electron chi connectivity index (χ0n) is 11.5. The Morgan fingerprint density at radius 2 is 1.89 bits per heavy atom. The first-order chi connectivity index (χ1) is 8.97. The second-order valence-electron chi connectivity index (χ2n) is 5.15. The Hall–Kier alpha value is 0.0600. The van der Waals surface area contributed by atoms with Gasteiger partial charge in [0.2, 0.25) is 0 Å². The lowest BCUT2D eigenvalue weighted by Gasteiger charge is -2.36. The molecule has 1 N–H and O–H groups in total. The highest BCUT2D eigenvalue weighted by molar-refractivity contribution is 8.00. The smallest absolute Gasteiger partial charge is 0.372 e. The van der Waals surface area contributed by atoms with Gasteiger partial charge in [-0.1, -0.05) is 19.3 Å². The maximum Gasteiger partial charge on any atom is 0.411 e. The molecule has 1 fully saturated rings. The SMILES string of the molecule is CSC1(CNCCCOCC(F)(F)F)CCCCC1. The van der Waals surface area contributed by atoms with E-state index in [1.54, 1.807) is 0 Å². The van der Waals surface area contributed by atoms with Gasteiger partial charge in [-0.2, -0.15) is 24.9 Å². The predicted molar refractivity (Wildman–Crippen MR) is 73.7 cm³/mol. The quantitative estimate of drug-likeness (QED) is 0.692. The maximum absolute atomic E-state index is 11.8. The Kier molecular flexibility index (Phi) is 7.54. The van der Waals surface area contributed by atoms with Crippen molar-refractivity contribution in [3.63, 3.8) is 0 Å². The molecule has 0 aromatic carbocycles. The van der Waals surface area contributed by atoms with Gasteiger partial charge in [-0.05, 0) is 32.1 Å². The second-order valence-corrected chi connectivity index (χ2v) is 6.42. The van der Waals surface area contributed by atoms with Crippen LogP contribution in [0, 0.1) is 0 Å². The topological polar surface area (TPSA) is 21.3 Å². The average Bonchev–Trinajstić information content (AvgIpc) is 2.37. The highest BCUT2D eigenvalue weighted by Crippen LogP contribution is 2.37. The lowest BCUT2D eigenvalue weighted by Crippen LogP contribution is -2.39. The summed E-state index contributed by atoms with van der Waals surface area (Å²) in [4.78, 5) is 0. The van der Waals surface area contributed by atoms with Crippen LogP contribution in [0.4, 0.5) is 13.2 Å². The molecule has 0 radical (unpaired) electrons. The van der Waals surface area contributed by atoms with Crippen molar-refractivity contribution in [1.29, 1.82) is 0 Å². The molecule has 0 atom stereocenters. The van der Waals surface area contributed by atoms with Crippen LogP contribution in [-0.4, -0.2) is 43.5 Å². The molecular formula is C13H24F3NOS. The fourth-order valence-electron chi connectivity index (χ4n) is 2.45. The molecule has 1 aliphatic carbocycles. The zero-order chi connectivity index (χ0) is 14.2. The van der Waals surface area contributed by atoms with Gasteiger partial charge in [-0.25, -0.2) is 0 Å². The lowest BCUT2D eigenvalue weighted by molar-refractivity contribution is -0.173. The Bertz CT molecular complexity index is 243. The first-order valence-corrected chi connectivity index (χ1v) is 8.10. The number of rotatable bonds is 8. The summed E-state index contributed by atoms with van der Waals surface area (Å²) in [6.07, 6.45) is 4.96. The number of hydrogen-bond acceptors (Lipinski definition) is 3. The Balaban J connectivity index is 2.03. The molecule has 1 aliphatic rings. The molecule has 0 aromatic heterocycles. The van der Waals surface area contributed by atoms with Gasteiger partial charge in [0.15, 0.2) is 0 Å². The fraction of sp³-hybridized carbons (Fsp3) is 1.00. The maximum atomic E-state index is 11.8. The summed E-state index contributed by atoms with van der Waals surface area (Å²) in [6, 6.07) is 0. The molecule has 1 saturated carbocycles. The summed E-state index contributed by atoms with van der Waals surface area (Å²) in [6.45, 7) is 0.703.